The summed E-state index contributed by atoms with van der Waals surface area (Å²) in [5.41, 5.74) is 2.03. The van der Waals surface area contributed by atoms with Gasteiger partial charge in [0, 0.05) is 54.9 Å². The summed E-state index contributed by atoms with van der Waals surface area (Å²) < 4.78 is 41.1. The van der Waals surface area contributed by atoms with Gasteiger partial charge in [0.2, 0.25) is 0 Å². The van der Waals surface area contributed by atoms with Gasteiger partial charge in [0.1, 0.15) is 0 Å². The van der Waals surface area contributed by atoms with E-state index in [2.05, 4.69) is 25.4 Å². The molecular weight excluding hydrogens is 531 g/mol. The first-order valence-electron chi connectivity index (χ1n) is 13.3. The van der Waals surface area contributed by atoms with Crippen molar-refractivity contribution in [3.8, 4) is 0 Å². The first kappa shape index (κ1) is 28.3. The normalized spacial score (nSPS) is 14.7. The largest absolute Gasteiger partial charge is 0.416 e. The number of halogens is 3. The number of benzene rings is 3. The molecule has 1 aromatic heterocycles. The van der Waals surface area contributed by atoms with Crippen LogP contribution in [0.4, 0.5) is 24.5 Å². The minimum absolute atomic E-state index is 0.0442. The molecule has 1 fully saturated rings. The van der Waals surface area contributed by atoms with Crippen LogP contribution in [0.15, 0.2) is 72.9 Å². The second-order valence-electron chi connectivity index (χ2n) is 10.4. The van der Waals surface area contributed by atoms with E-state index in [9.17, 15) is 22.8 Å². The molecule has 7 nitrogen and oxygen atoms in total. The van der Waals surface area contributed by atoms with Crippen molar-refractivity contribution in [2.24, 2.45) is 0 Å². The Morgan fingerprint density at radius 3 is 2.37 bits per heavy atom. The maximum atomic E-state index is 13.7. The fraction of sp³-hybridized carbons (Fsp3) is 0.258. The lowest BCUT2D eigenvalue weighted by Crippen LogP contribution is -2.43. The second kappa shape index (κ2) is 11.7. The van der Waals surface area contributed by atoms with Gasteiger partial charge in [-0.15, -0.1) is 0 Å². The van der Waals surface area contributed by atoms with Gasteiger partial charge >= 0.3 is 6.18 Å². The summed E-state index contributed by atoms with van der Waals surface area (Å²) in [6.07, 6.45) is -3.01. The first-order chi connectivity index (χ1) is 19.5. The van der Waals surface area contributed by atoms with Gasteiger partial charge in [0.25, 0.3) is 11.8 Å². The van der Waals surface area contributed by atoms with Gasteiger partial charge in [-0.3, -0.25) is 19.5 Å². The maximum Gasteiger partial charge on any atom is 0.416 e. The first-order valence-corrected chi connectivity index (χ1v) is 13.3. The molecular formula is C31H30F3N5O2. The summed E-state index contributed by atoms with van der Waals surface area (Å²) in [7, 11) is 2.01. The Balaban J connectivity index is 1.34. The average molecular weight is 562 g/mol. The Morgan fingerprint density at radius 2 is 1.61 bits per heavy atom. The molecule has 10 heteroatoms. The molecule has 5 rings (SSSR count). The summed E-state index contributed by atoms with van der Waals surface area (Å²) in [6.45, 7) is 5.26. The van der Waals surface area contributed by atoms with Gasteiger partial charge < -0.3 is 15.5 Å². The van der Waals surface area contributed by atoms with Crippen molar-refractivity contribution < 1.29 is 22.8 Å². The molecule has 2 amide bonds. The van der Waals surface area contributed by atoms with Crippen molar-refractivity contribution in [2.75, 3.05) is 43.9 Å². The lowest BCUT2D eigenvalue weighted by Gasteiger charge is -2.32. The van der Waals surface area contributed by atoms with Crippen LogP contribution in [0.3, 0.4) is 0 Å². The van der Waals surface area contributed by atoms with E-state index in [-0.39, 0.29) is 16.8 Å². The Bertz CT molecular complexity index is 1600. The topological polar surface area (TPSA) is 77.6 Å². The SMILES string of the molecule is Cc1ccc(C(=O)Nc2cc(CN3CCN(C)CC3)cc(C(F)(F)F)c2)cc1C(=O)Nc1cnc2ccccc2c1. The number of carbonyl (C=O) groups is 2. The lowest BCUT2D eigenvalue weighted by atomic mass is 10.0. The third-order valence-electron chi connectivity index (χ3n) is 7.17. The van der Waals surface area contributed by atoms with Crippen LogP contribution < -0.4 is 10.6 Å². The predicted molar refractivity (Wildman–Crippen MR) is 153 cm³/mol. The van der Waals surface area contributed by atoms with Gasteiger partial charge in [-0.05, 0) is 67.6 Å². The zero-order valence-corrected chi connectivity index (χ0v) is 22.8. The fourth-order valence-electron chi connectivity index (χ4n) is 4.83. The molecule has 0 bridgehead atoms. The quantitative estimate of drug-likeness (QED) is 0.311. The number of nitrogens with zero attached hydrogens (tertiary/aromatic N) is 3. The van der Waals surface area contributed by atoms with Crippen LogP contribution in [0.5, 0.6) is 0 Å². The van der Waals surface area contributed by atoms with Crippen LogP contribution in [-0.4, -0.2) is 59.8 Å². The Hall–Kier alpha value is -4.28. The van der Waals surface area contributed by atoms with Crippen molar-refractivity contribution in [1.82, 2.24) is 14.8 Å². The molecule has 2 heterocycles. The molecule has 41 heavy (non-hydrogen) atoms. The molecule has 0 atom stereocenters. The molecule has 0 saturated carbocycles. The molecule has 0 radical (unpaired) electrons. The van der Waals surface area contributed by atoms with Crippen LogP contribution in [0.2, 0.25) is 0 Å². The van der Waals surface area contributed by atoms with Gasteiger partial charge in [0.15, 0.2) is 0 Å². The van der Waals surface area contributed by atoms with Gasteiger partial charge in [0.05, 0.1) is 23.0 Å². The summed E-state index contributed by atoms with van der Waals surface area (Å²) in [4.78, 5) is 34.9. The molecule has 0 spiro atoms. The van der Waals surface area contributed by atoms with Crippen molar-refractivity contribution in [3.05, 3.63) is 101 Å². The maximum absolute atomic E-state index is 13.7. The van der Waals surface area contributed by atoms with E-state index in [0.29, 0.717) is 23.4 Å². The van der Waals surface area contributed by atoms with Crippen molar-refractivity contribution in [2.45, 2.75) is 19.6 Å². The van der Waals surface area contributed by atoms with Crippen LogP contribution in [-0.2, 0) is 12.7 Å². The molecule has 2 N–H and O–H groups in total. The molecule has 0 aliphatic carbocycles. The summed E-state index contributed by atoms with van der Waals surface area (Å²) in [6, 6.07) is 17.6. The zero-order valence-electron chi connectivity index (χ0n) is 22.8. The standard InChI is InChI=1S/C31H30F3N5O2/c1-20-7-8-23(16-27(20)30(41)37-26-15-22-5-3-4-6-28(22)35-18-26)29(40)36-25-14-21(13-24(17-25)31(32,33)34)19-39-11-9-38(2)10-12-39/h3-8,13-18H,9-12,19H2,1-2H3,(H,36,40)(H,37,41). The number of hydrogen-bond donors (Lipinski definition) is 2. The molecule has 1 aliphatic heterocycles. The van der Waals surface area contributed by atoms with Crippen molar-refractivity contribution in [1.29, 1.82) is 0 Å². The Labute approximate surface area is 236 Å². The summed E-state index contributed by atoms with van der Waals surface area (Å²) in [5, 5.41) is 6.28. The lowest BCUT2D eigenvalue weighted by molar-refractivity contribution is -0.137. The van der Waals surface area contributed by atoms with Crippen LogP contribution in [0.1, 0.15) is 37.4 Å². The Kier molecular flexibility index (Phi) is 8.05. The highest BCUT2D eigenvalue weighted by atomic mass is 19.4. The van der Waals surface area contributed by atoms with Crippen LogP contribution in [0, 0.1) is 6.92 Å². The Morgan fingerprint density at radius 1 is 0.878 bits per heavy atom. The molecule has 1 saturated heterocycles. The molecule has 3 aromatic carbocycles. The van der Waals surface area contributed by atoms with E-state index in [1.165, 1.54) is 12.1 Å². The van der Waals surface area contributed by atoms with Gasteiger partial charge in [-0.1, -0.05) is 24.3 Å². The fourth-order valence-corrected chi connectivity index (χ4v) is 4.83. The zero-order chi connectivity index (χ0) is 29.1. The second-order valence-corrected chi connectivity index (χ2v) is 10.4. The van der Waals surface area contributed by atoms with Crippen molar-refractivity contribution in [3.63, 3.8) is 0 Å². The third kappa shape index (κ3) is 6.90. The van der Waals surface area contributed by atoms with Gasteiger partial charge in [-0.25, -0.2) is 0 Å². The van der Waals surface area contributed by atoms with Crippen LogP contribution >= 0.6 is 0 Å². The van der Waals surface area contributed by atoms with E-state index >= 15 is 0 Å². The number of nitrogens with one attached hydrogen (secondary N) is 2. The number of pyridine rings is 1. The average Bonchev–Trinajstić information content (AvgIpc) is 2.94. The van der Waals surface area contributed by atoms with E-state index in [1.807, 2.05) is 31.3 Å². The highest BCUT2D eigenvalue weighted by Crippen LogP contribution is 2.32. The number of anilines is 2. The number of amides is 2. The summed E-state index contributed by atoms with van der Waals surface area (Å²) in [5.74, 6) is -1.04. The minimum Gasteiger partial charge on any atom is -0.322 e. The predicted octanol–water partition coefficient (Wildman–Crippen LogP) is 5.81. The number of likely N-dealkylation sites (N-methyl/N-ethyl adjacent to an activating group) is 1. The van der Waals surface area contributed by atoms with Gasteiger partial charge in [-0.2, -0.15) is 13.2 Å². The number of carbonyl (C=O) groups excluding carboxylic acids is 2. The number of hydrogen-bond acceptors (Lipinski definition) is 5. The summed E-state index contributed by atoms with van der Waals surface area (Å²) >= 11 is 0. The monoisotopic (exact) mass is 561 g/mol. The highest BCUT2D eigenvalue weighted by Gasteiger charge is 2.31. The number of rotatable bonds is 6. The van der Waals surface area contributed by atoms with E-state index in [0.717, 1.165) is 49.2 Å². The third-order valence-corrected chi connectivity index (χ3v) is 7.17. The van der Waals surface area contributed by atoms with E-state index < -0.39 is 23.6 Å². The molecule has 0 unspecified atom stereocenters. The molecule has 1 aliphatic rings. The number of para-hydroxylation sites is 1. The molecule has 4 aromatic rings. The van der Waals surface area contributed by atoms with Crippen LogP contribution in [0.25, 0.3) is 10.9 Å². The smallest absolute Gasteiger partial charge is 0.322 e. The number of piperazine rings is 1. The molecule has 212 valence electrons. The highest BCUT2D eigenvalue weighted by molar-refractivity contribution is 6.09. The van der Waals surface area contributed by atoms with Crippen molar-refractivity contribution >= 4 is 34.1 Å². The van der Waals surface area contributed by atoms with E-state index in [1.54, 1.807) is 31.3 Å². The van der Waals surface area contributed by atoms with E-state index in [4.69, 9.17) is 0 Å². The number of aryl methyl sites for hydroxylation is 1. The minimum atomic E-state index is -4.57. The number of alkyl halides is 3. The number of fused-ring (bicyclic) bond motifs is 1. The number of aromatic nitrogens is 1.